The summed E-state index contributed by atoms with van der Waals surface area (Å²) in [5, 5.41) is 11.7. The van der Waals surface area contributed by atoms with Gasteiger partial charge in [0.05, 0.1) is 35.4 Å². The lowest BCUT2D eigenvalue weighted by Crippen LogP contribution is -2.24. The third-order valence-electron chi connectivity index (χ3n) is 4.14. The van der Waals surface area contributed by atoms with Crippen LogP contribution in [-0.4, -0.2) is 25.5 Å². The number of nitrogens with zero attached hydrogens (tertiary/aromatic N) is 4. The Kier molecular flexibility index (Phi) is 5.56. The molecule has 0 saturated heterocycles. The number of aromatic nitrogens is 4. The van der Waals surface area contributed by atoms with Gasteiger partial charge in [0, 0.05) is 17.6 Å². The minimum Gasteiger partial charge on any atom is -0.326 e. The van der Waals surface area contributed by atoms with Crippen LogP contribution >= 0.6 is 15.9 Å². The summed E-state index contributed by atoms with van der Waals surface area (Å²) in [5.74, 6) is -0.221. The third-order valence-corrected chi connectivity index (χ3v) is 4.55. The number of halogens is 1. The van der Waals surface area contributed by atoms with Gasteiger partial charge in [0.15, 0.2) is 0 Å². The summed E-state index contributed by atoms with van der Waals surface area (Å²) in [6.45, 7) is 7.13. The van der Waals surface area contributed by atoms with E-state index < -0.39 is 0 Å². The second-order valence-corrected chi connectivity index (χ2v) is 7.47. The van der Waals surface area contributed by atoms with Crippen LogP contribution in [-0.2, 0) is 17.9 Å². The van der Waals surface area contributed by atoms with Crippen molar-refractivity contribution in [2.75, 3.05) is 5.32 Å². The fourth-order valence-electron chi connectivity index (χ4n) is 2.82. The summed E-state index contributed by atoms with van der Waals surface area (Å²) in [6.07, 6.45) is 3.58. The monoisotopic (exact) mass is 415 g/mol. The minimum atomic E-state index is -0.193. The molecule has 1 N–H and O–H groups in total. The number of aryl methyl sites for hydroxylation is 2. The highest BCUT2D eigenvalue weighted by molar-refractivity contribution is 9.10. The molecule has 1 atom stereocenters. The van der Waals surface area contributed by atoms with E-state index in [0.717, 1.165) is 27.1 Å². The number of hydrogen-bond donors (Lipinski definition) is 1. The zero-order valence-corrected chi connectivity index (χ0v) is 16.7. The topological polar surface area (TPSA) is 64.7 Å². The lowest BCUT2D eigenvalue weighted by Gasteiger charge is -2.13. The second-order valence-electron chi connectivity index (χ2n) is 6.56. The SMILES string of the molecule is Cc1cc(C)n(Cc2cccc(NC(=O)C(C)Cn3cc(Br)cn3)c2)n1. The zero-order chi connectivity index (χ0) is 18.7. The van der Waals surface area contributed by atoms with Gasteiger partial charge in [-0.2, -0.15) is 10.2 Å². The van der Waals surface area contributed by atoms with E-state index in [9.17, 15) is 4.79 Å². The van der Waals surface area contributed by atoms with Gasteiger partial charge in [0.2, 0.25) is 5.91 Å². The van der Waals surface area contributed by atoms with E-state index in [1.165, 1.54) is 0 Å². The number of anilines is 1. The number of carbonyl (C=O) groups excluding carboxylic acids is 1. The standard InChI is InChI=1S/C19H22BrN5O/c1-13(10-24-12-17(20)9-21-24)19(26)22-18-6-4-5-16(8-18)11-25-15(3)7-14(2)23-25/h4-9,12-13H,10-11H2,1-3H3,(H,22,26). The smallest absolute Gasteiger partial charge is 0.229 e. The van der Waals surface area contributed by atoms with Crippen LogP contribution in [0.3, 0.4) is 0 Å². The molecule has 0 aliphatic carbocycles. The van der Waals surface area contributed by atoms with Crippen molar-refractivity contribution in [3.8, 4) is 0 Å². The molecule has 0 saturated carbocycles. The zero-order valence-electron chi connectivity index (χ0n) is 15.1. The average molecular weight is 416 g/mol. The second kappa shape index (κ2) is 7.86. The Bertz CT molecular complexity index is 914. The van der Waals surface area contributed by atoms with Crippen molar-refractivity contribution in [2.24, 2.45) is 5.92 Å². The molecule has 2 heterocycles. The highest BCUT2D eigenvalue weighted by atomic mass is 79.9. The lowest BCUT2D eigenvalue weighted by molar-refractivity contribution is -0.119. The van der Waals surface area contributed by atoms with Gasteiger partial charge in [-0.3, -0.25) is 14.2 Å². The van der Waals surface area contributed by atoms with Gasteiger partial charge in [0.25, 0.3) is 0 Å². The Hall–Kier alpha value is -2.41. The van der Waals surface area contributed by atoms with E-state index in [0.29, 0.717) is 13.1 Å². The van der Waals surface area contributed by atoms with Gasteiger partial charge in [-0.25, -0.2) is 0 Å². The molecule has 7 heteroatoms. The van der Waals surface area contributed by atoms with E-state index in [-0.39, 0.29) is 11.8 Å². The molecule has 0 radical (unpaired) electrons. The van der Waals surface area contributed by atoms with Gasteiger partial charge < -0.3 is 5.32 Å². The minimum absolute atomic E-state index is 0.0279. The molecular weight excluding hydrogens is 394 g/mol. The van der Waals surface area contributed by atoms with Gasteiger partial charge in [-0.05, 0) is 53.5 Å². The maximum absolute atomic E-state index is 12.5. The van der Waals surface area contributed by atoms with E-state index in [1.807, 2.05) is 55.9 Å². The average Bonchev–Trinajstić information content (AvgIpc) is 3.12. The lowest BCUT2D eigenvalue weighted by atomic mass is 10.1. The fraction of sp³-hybridized carbons (Fsp3) is 0.316. The molecule has 1 unspecified atom stereocenters. The largest absolute Gasteiger partial charge is 0.326 e. The molecule has 3 rings (SSSR count). The summed E-state index contributed by atoms with van der Waals surface area (Å²) in [5.41, 5.74) is 4.02. The maximum atomic E-state index is 12.5. The van der Waals surface area contributed by atoms with Crippen molar-refractivity contribution >= 4 is 27.5 Å². The molecule has 1 aromatic carbocycles. The van der Waals surface area contributed by atoms with E-state index in [4.69, 9.17) is 0 Å². The molecule has 0 bridgehead atoms. The molecule has 0 aliphatic heterocycles. The van der Waals surface area contributed by atoms with Crippen LogP contribution in [0.2, 0.25) is 0 Å². The molecule has 136 valence electrons. The number of nitrogens with one attached hydrogen (secondary N) is 1. The molecule has 1 amide bonds. The normalized spacial score (nSPS) is 12.2. The van der Waals surface area contributed by atoms with Crippen molar-refractivity contribution in [1.29, 1.82) is 0 Å². The molecule has 2 aromatic heterocycles. The molecular formula is C19H22BrN5O. The van der Waals surface area contributed by atoms with Crippen LogP contribution in [0, 0.1) is 19.8 Å². The van der Waals surface area contributed by atoms with E-state index in [1.54, 1.807) is 10.9 Å². The van der Waals surface area contributed by atoms with Gasteiger partial charge in [0.1, 0.15) is 0 Å². The molecule has 6 nitrogen and oxygen atoms in total. The van der Waals surface area contributed by atoms with Crippen molar-refractivity contribution < 1.29 is 4.79 Å². The van der Waals surface area contributed by atoms with Crippen LogP contribution in [0.1, 0.15) is 23.9 Å². The van der Waals surface area contributed by atoms with Crippen molar-refractivity contribution in [3.05, 3.63) is 64.1 Å². The first-order valence-corrected chi connectivity index (χ1v) is 9.29. The van der Waals surface area contributed by atoms with Gasteiger partial charge >= 0.3 is 0 Å². The molecule has 0 spiro atoms. The number of amides is 1. The van der Waals surface area contributed by atoms with Crippen LogP contribution in [0.5, 0.6) is 0 Å². The Balaban J connectivity index is 1.64. The molecule has 0 fully saturated rings. The van der Waals surface area contributed by atoms with Crippen molar-refractivity contribution in [2.45, 2.75) is 33.9 Å². The number of benzene rings is 1. The van der Waals surface area contributed by atoms with Crippen molar-refractivity contribution in [3.63, 3.8) is 0 Å². The summed E-state index contributed by atoms with van der Waals surface area (Å²) in [6, 6.07) is 9.94. The first-order chi connectivity index (χ1) is 12.4. The van der Waals surface area contributed by atoms with Gasteiger partial charge in [-0.15, -0.1) is 0 Å². The molecule has 3 aromatic rings. The number of hydrogen-bond acceptors (Lipinski definition) is 3. The summed E-state index contributed by atoms with van der Waals surface area (Å²) in [4.78, 5) is 12.5. The predicted octanol–water partition coefficient (Wildman–Crippen LogP) is 3.78. The van der Waals surface area contributed by atoms with Crippen LogP contribution in [0.25, 0.3) is 0 Å². The molecule has 26 heavy (non-hydrogen) atoms. The summed E-state index contributed by atoms with van der Waals surface area (Å²) < 4.78 is 4.63. The van der Waals surface area contributed by atoms with E-state index >= 15 is 0 Å². The van der Waals surface area contributed by atoms with Crippen LogP contribution < -0.4 is 5.32 Å². The highest BCUT2D eigenvalue weighted by Crippen LogP contribution is 2.15. The third kappa shape index (κ3) is 4.60. The maximum Gasteiger partial charge on any atom is 0.229 e. The Morgan fingerprint density at radius 3 is 2.77 bits per heavy atom. The van der Waals surface area contributed by atoms with E-state index in [2.05, 4.69) is 37.5 Å². The van der Waals surface area contributed by atoms with Crippen LogP contribution in [0.15, 0.2) is 47.2 Å². The summed E-state index contributed by atoms with van der Waals surface area (Å²) >= 11 is 3.36. The first kappa shape index (κ1) is 18.4. The first-order valence-electron chi connectivity index (χ1n) is 8.49. The predicted molar refractivity (Wildman–Crippen MR) is 105 cm³/mol. The van der Waals surface area contributed by atoms with Crippen LogP contribution in [0.4, 0.5) is 5.69 Å². The Morgan fingerprint density at radius 1 is 1.31 bits per heavy atom. The van der Waals surface area contributed by atoms with Crippen molar-refractivity contribution in [1.82, 2.24) is 19.6 Å². The van der Waals surface area contributed by atoms with Gasteiger partial charge in [-0.1, -0.05) is 19.1 Å². The Morgan fingerprint density at radius 2 is 2.12 bits per heavy atom. The number of carbonyl (C=O) groups is 1. The quantitative estimate of drug-likeness (QED) is 0.665. The Labute approximate surface area is 161 Å². The summed E-state index contributed by atoms with van der Waals surface area (Å²) in [7, 11) is 0. The fourth-order valence-corrected chi connectivity index (χ4v) is 3.15. The molecule has 0 aliphatic rings. The highest BCUT2D eigenvalue weighted by Gasteiger charge is 2.14. The number of rotatable bonds is 6.